The Hall–Kier alpha value is -1.07. The minimum Gasteiger partial charge on any atom is -0.493 e. The second-order valence-electron chi connectivity index (χ2n) is 5.13. The van der Waals surface area contributed by atoms with Gasteiger partial charge in [0, 0.05) is 19.6 Å². The Morgan fingerprint density at radius 1 is 1.63 bits per heavy atom. The van der Waals surface area contributed by atoms with E-state index in [0.29, 0.717) is 5.92 Å². The molecule has 0 aliphatic carbocycles. The summed E-state index contributed by atoms with van der Waals surface area (Å²) in [6, 6.07) is 0.252. The fourth-order valence-electron chi connectivity index (χ4n) is 2.75. The van der Waals surface area contributed by atoms with E-state index in [1.807, 2.05) is 11.7 Å². The largest absolute Gasteiger partial charge is 0.493 e. The number of hydrogen-bond acceptors (Lipinski definition) is 4. The smallest absolute Gasteiger partial charge is 0.161 e. The van der Waals surface area contributed by atoms with Crippen LogP contribution in [-0.2, 0) is 11.8 Å². The lowest BCUT2D eigenvalue weighted by molar-refractivity contribution is 0.0374. The summed E-state index contributed by atoms with van der Waals surface area (Å²) in [4.78, 5) is 0. The Kier molecular flexibility index (Phi) is 5.22. The summed E-state index contributed by atoms with van der Waals surface area (Å²) in [6.45, 7) is 4.88. The highest BCUT2D eigenvalue weighted by molar-refractivity contribution is 5.28. The predicted octanol–water partition coefficient (Wildman–Crippen LogP) is 1.90. The van der Waals surface area contributed by atoms with Gasteiger partial charge in [-0.25, -0.2) is 0 Å². The first-order valence-corrected chi connectivity index (χ1v) is 7.15. The van der Waals surface area contributed by atoms with E-state index in [1.165, 1.54) is 6.42 Å². The van der Waals surface area contributed by atoms with E-state index < -0.39 is 0 Å². The van der Waals surface area contributed by atoms with Crippen molar-refractivity contribution in [2.24, 2.45) is 13.0 Å². The maximum absolute atomic E-state index is 5.64. The highest BCUT2D eigenvalue weighted by atomic mass is 16.5. The van der Waals surface area contributed by atoms with E-state index in [0.717, 1.165) is 44.0 Å². The molecule has 19 heavy (non-hydrogen) atoms. The zero-order chi connectivity index (χ0) is 13.7. The van der Waals surface area contributed by atoms with Gasteiger partial charge in [-0.3, -0.25) is 4.68 Å². The number of methoxy groups -OCH3 is 1. The Labute approximate surface area is 115 Å². The molecule has 2 rings (SSSR count). The van der Waals surface area contributed by atoms with Gasteiger partial charge >= 0.3 is 0 Å². The van der Waals surface area contributed by atoms with Crippen LogP contribution in [0.25, 0.3) is 0 Å². The molecule has 5 nitrogen and oxygen atoms in total. The average molecular weight is 267 g/mol. The van der Waals surface area contributed by atoms with E-state index in [1.54, 1.807) is 13.3 Å². The summed E-state index contributed by atoms with van der Waals surface area (Å²) in [6.07, 6.45) is 5.23. The number of rotatable bonds is 6. The molecule has 0 saturated carbocycles. The SMILES string of the molecule is CCCNC(c1c(OC)cnn1C)C1CCCOC1. The summed E-state index contributed by atoms with van der Waals surface area (Å²) in [5, 5.41) is 7.96. The molecule has 1 N–H and O–H groups in total. The first kappa shape index (κ1) is 14.3. The van der Waals surface area contributed by atoms with Crippen LogP contribution in [0.1, 0.15) is 37.9 Å². The van der Waals surface area contributed by atoms with E-state index in [4.69, 9.17) is 9.47 Å². The number of ether oxygens (including phenoxy) is 2. The molecule has 1 aliphatic heterocycles. The Bertz CT molecular complexity index is 386. The quantitative estimate of drug-likeness (QED) is 0.855. The standard InChI is InChI=1S/C14H25N3O2/c1-4-7-15-13(11-6-5-8-19-10-11)14-12(18-3)9-16-17(14)2/h9,11,13,15H,4-8,10H2,1-3H3. The molecule has 0 bridgehead atoms. The maximum atomic E-state index is 5.64. The van der Waals surface area contributed by atoms with Gasteiger partial charge in [-0.15, -0.1) is 0 Å². The van der Waals surface area contributed by atoms with E-state index >= 15 is 0 Å². The molecular formula is C14H25N3O2. The zero-order valence-electron chi connectivity index (χ0n) is 12.2. The topological polar surface area (TPSA) is 48.3 Å². The first-order chi connectivity index (χ1) is 9.27. The Balaban J connectivity index is 2.22. The second-order valence-corrected chi connectivity index (χ2v) is 5.13. The molecule has 2 heterocycles. The molecule has 1 fully saturated rings. The molecule has 0 amide bonds. The molecule has 1 aromatic heterocycles. The fourth-order valence-corrected chi connectivity index (χ4v) is 2.75. The summed E-state index contributed by atoms with van der Waals surface area (Å²) in [5.74, 6) is 1.35. The average Bonchev–Trinajstić information content (AvgIpc) is 2.82. The fraction of sp³-hybridized carbons (Fsp3) is 0.786. The van der Waals surface area contributed by atoms with Gasteiger partial charge in [-0.1, -0.05) is 6.92 Å². The third kappa shape index (κ3) is 3.28. The summed E-state index contributed by atoms with van der Waals surface area (Å²) >= 11 is 0. The van der Waals surface area contributed by atoms with Gasteiger partial charge < -0.3 is 14.8 Å². The molecule has 0 spiro atoms. The normalized spacial score (nSPS) is 21.3. The second kappa shape index (κ2) is 6.91. The van der Waals surface area contributed by atoms with Crippen molar-refractivity contribution >= 4 is 0 Å². The van der Waals surface area contributed by atoms with Crippen LogP contribution < -0.4 is 10.1 Å². The van der Waals surface area contributed by atoms with Crippen LogP contribution in [0.4, 0.5) is 0 Å². The van der Waals surface area contributed by atoms with Crippen LogP contribution in [0.15, 0.2) is 6.20 Å². The molecule has 1 saturated heterocycles. The predicted molar refractivity (Wildman–Crippen MR) is 74.3 cm³/mol. The minimum absolute atomic E-state index is 0.252. The molecular weight excluding hydrogens is 242 g/mol. The number of nitrogens with one attached hydrogen (secondary N) is 1. The Morgan fingerprint density at radius 2 is 2.47 bits per heavy atom. The lowest BCUT2D eigenvalue weighted by Crippen LogP contribution is -2.35. The molecule has 2 unspecified atom stereocenters. The molecule has 0 aromatic carbocycles. The number of nitrogens with zero attached hydrogens (tertiary/aromatic N) is 2. The summed E-state index contributed by atoms with van der Waals surface area (Å²) in [7, 11) is 3.68. The molecule has 108 valence electrons. The number of hydrogen-bond donors (Lipinski definition) is 1. The summed E-state index contributed by atoms with van der Waals surface area (Å²) < 4.78 is 13.0. The van der Waals surface area contributed by atoms with Gasteiger partial charge in [0.05, 0.1) is 31.6 Å². The van der Waals surface area contributed by atoms with E-state index in [9.17, 15) is 0 Å². The van der Waals surface area contributed by atoms with Crippen molar-refractivity contribution in [3.05, 3.63) is 11.9 Å². The third-order valence-corrected chi connectivity index (χ3v) is 3.74. The monoisotopic (exact) mass is 267 g/mol. The molecule has 1 aromatic rings. The van der Waals surface area contributed by atoms with Gasteiger partial charge in [0.15, 0.2) is 5.75 Å². The van der Waals surface area contributed by atoms with Crippen LogP contribution in [0.2, 0.25) is 0 Å². The lowest BCUT2D eigenvalue weighted by atomic mass is 9.91. The molecule has 2 atom stereocenters. The third-order valence-electron chi connectivity index (χ3n) is 3.74. The van der Waals surface area contributed by atoms with Crippen molar-refractivity contribution in [1.82, 2.24) is 15.1 Å². The number of aromatic nitrogens is 2. The first-order valence-electron chi connectivity index (χ1n) is 7.15. The van der Waals surface area contributed by atoms with Gasteiger partial charge in [0.2, 0.25) is 0 Å². The summed E-state index contributed by atoms with van der Waals surface area (Å²) in [5.41, 5.74) is 1.13. The highest BCUT2D eigenvalue weighted by Crippen LogP contribution is 2.33. The van der Waals surface area contributed by atoms with Crippen molar-refractivity contribution in [2.75, 3.05) is 26.9 Å². The van der Waals surface area contributed by atoms with Gasteiger partial charge in [-0.05, 0) is 25.8 Å². The molecule has 1 aliphatic rings. The molecule has 0 radical (unpaired) electrons. The highest BCUT2D eigenvalue weighted by Gasteiger charge is 2.29. The van der Waals surface area contributed by atoms with Crippen molar-refractivity contribution in [2.45, 2.75) is 32.2 Å². The maximum Gasteiger partial charge on any atom is 0.161 e. The van der Waals surface area contributed by atoms with Crippen LogP contribution in [-0.4, -0.2) is 36.6 Å². The van der Waals surface area contributed by atoms with Crippen LogP contribution in [0.5, 0.6) is 5.75 Å². The van der Waals surface area contributed by atoms with Crippen LogP contribution in [0, 0.1) is 5.92 Å². The van der Waals surface area contributed by atoms with E-state index in [-0.39, 0.29) is 6.04 Å². The minimum atomic E-state index is 0.252. The van der Waals surface area contributed by atoms with Crippen molar-refractivity contribution in [3.63, 3.8) is 0 Å². The van der Waals surface area contributed by atoms with Gasteiger partial charge in [0.1, 0.15) is 0 Å². The van der Waals surface area contributed by atoms with Crippen LogP contribution >= 0.6 is 0 Å². The van der Waals surface area contributed by atoms with Crippen molar-refractivity contribution in [3.8, 4) is 5.75 Å². The van der Waals surface area contributed by atoms with Crippen LogP contribution in [0.3, 0.4) is 0 Å². The lowest BCUT2D eigenvalue weighted by Gasteiger charge is -2.31. The van der Waals surface area contributed by atoms with Gasteiger partial charge in [-0.2, -0.15) is 5.10 Å². The number of aryl methyl sites for hydroxylation is 1. The van der Waals surface area contributed by atoms with E-state index in [2.05, 4.69) is 17.3 Å². The van der Waals surface area contributed by atoms with Crippen molar-refractivity contribution < 1.29 is 9.47 Å². The van der Waals surface area contributed by atoms with Gasteiger partial charge in [0.25, 0.3) is 0 Å². The van der Waals surface area contributed by atoms with Crippen molar-refractivity contribution in [1.29, 1.82) is 0 Å². The Morgan fingerprint density at radius 3 is 3.11 bits per heavy atom. The zero-order valence-corrected chi connectivity index (χ0v) is 12.2. The molecule has 5 heteroatoms.